The summed E-state index contributed by atoms with van der Waals surface area (Å²) in [5.41, 5.74) is 1.20. The van der Waals surface area contributed by atoms with Crippen molar-refractivity contribution in [1.82, 2.24) is 4.90 Å². The number of benzene rings is 1. The minimum atomic E-state index is -0.658. The fourth-order valence-corrected chi connectivity index (χ4v) is 2.34. The number of nitrogens with zero attached hydrogens (tertiary/aromatic N) is 2. The van der Waals surface area contributed by atoms with Crippen molar-refractivity contribution in [3.05, 3.63) is 30.3 Å². The highest BCUT2D eigenvalue weighted by Gasteiger charge is 2.27. The van der Waals surface area contributed by atoms with E-state index < -0.39 is 5.97 Å². The van der Waals surface area contributed by atoms with E-state index in [4.69, 9.17) is 5.11 Å². The summed E-state index contributed by atoms with van der Waals surface area (Å²) in [5.74, 6) is -0.832. The van der Waals surface area contributed by atoms with Crippen molar-refractivity contribution >= 4 is 11.7 Å². The molecule has 0 bridgehead atoms. The molecule has 1 saturated heterocycles. The number of likely N-dealkylation sites (tertiary alicyclic amines) is 1. The molecule has 1 heterocycles. The quantitative estimate of drug-likeness (QED) is 0.858. The molecule has 1 aromatic carbocycles. The first-order valence-electron chi connectivity index (χ1n) is 6.38. The second-order valence-electron chi connectivity index (χ2n) is 4.88. The monoisotopic (exact) mass is 248 g/mol. The molecular formula is C14H20N2O2. The highest BCUT2D eigenvalue weighted by atomic mass is 16.4. The Morgan fingerprint density at radius 3 is 2.78 bits per heavy atom. The van der Waals surface area contributed by atoms with E-state index in [0.717, 1.165) is 26.1 Å². The number of carbonyl (C=O) groups is 1. The minimum Gasteiger partial charge on any atom is -0.481 e. The predicted octanol–water partition coefficient (Wildman–Crippen LogP) is 1.53. The fourth-order valence-electron chi connectivity index (χ4n) is 2.34. The Labute approximate surface area is 108 Å². The van der Waals surface area contributed by atoms with Gasteiger partial charge in [0, 0.05) is 32.4 Å². The van der Waals surface area contributed by atoms with Gasteiger partial charge in [0.05, 0.1) is 5.92 Å². The fraction of sp³-hybridized carbons (Fsp3) is 0.500. The van der Waals surface area contributed by atoms with Crippen molar-refractivity contribution in [2.45, 2.75) is 6.42 Å². The van der Waals surface area contributed by atoms with E-state index in [-0.39, 0.29) is 5.92 Å². The van der Waals surface area contributed by atoms with Crippen LogP contribution >= 0.6 is 0 Å². The Kier molecular flexibility index (Phi) is 4.20. The van der Waals surface area contributed by atoms with Crippen LogP contribution in [-0.2, 0) is 4.79 Å². The summed E-state index contributed by atoms with van der Waals surface area (Å²) in [4.78, 5) is 15.3. The van der Waals surface area contributed by atoms with Crippen LogP contribution in [0.2, 0.25) is 0 Å². The second kappa shape index (κ2) is 5.87. The number of aliphatic carboxylic acids is 1. The molecule has 0 amide bonds. The third-order valence-corrected chi connectivity index (χ3v) is 3.57. The van der Waals surface area contributed by atoms with Gasteiger partial charge in [-0.15, -0.1) is 0 Å². The SMILES string of the molecule is CN(CCN1CCC(C(=O)O)C1)c1ccccc1. The number of rotatable bonds is 5. The van der Waals surface area contributed by atoms with Gasteiger partial charge < -0.3 is 14.9 Å². The molecule has 1 aliphatic heterocycles. The van der Waals surface area contributed by atoms with Crippen molar-refractivity contribution in [2.24, 2.45) is 5.92 Å². The third-order valence-electron chi connectivity index (χ3n) is 3.57. The Morgan fingerprint density at radius 2 is 2.17 bits per heavy atom. The van der Waals surface area contributed by atoms with E-state index >= 15 is 0 Å². The molecule has 1 aromatic rings. The number of hydrogen-bond donors (Lipinski definition) is 1. The molecule has 1 N–H and O–H groups in total. The molecule has 0 saturated carbocycles. The average molecular weight is 248 g/mol. The van der Waals surface area contributed by atoms with E-state index in [0.29, 0.717) is 6.54 Å². The third kappa shape index (κ3) is 3.23. The second-order valence-corrected chi connectivity index (χ2v) is 4.88. The van der Waals surface area contributed by atoms with Gasteiger partial charge >= 0.3 is 5.97 Å². The number of carboxylic acids is 1. The lowest BCUT2D eigenvalue weighted by Gasteiger charge is -2.23. The lowest BCUT2D eigenvalue weighted by Crippen LogP contribution is -2.32. The van der Waals surface area contributed by atoms with Gasteiger partial charge in [0.2, 0.25) is 0 Å². The molecule has 1 fully saturated rings. The van der Waals surface area contributed by atoms with Crippen LogP contribution in [0, 0.1) is 5.92 Å². The Morgan fingerprint density at radius 1 is 1.44 bits per heavy atom. The van der Waals surface area contributed by atoms with Gasteiger partial charge in [0.1, 0.15) is 0 Å². The Balaban J connectivity index is 1.77. The standard InChI is InChI=1S/C14H20N2O2/c1-15(13-5-3-2-4-6-13)9-10-16-8-7-12(11-16)14(17)18/h2-6,12H,7-11H2,1H3,(H,17,18). The van der Waals surface area contributed by atoms with Crippen molar-refractivity contribution in [3.63, 3.8) is 0 Å². The lowest BCUT2D eigenvalue weighted by molar-refractivity contribution is -0.141. The molecule has 0 spiro atoms. The maximum absolute atomic E-state index is 10.9. The molecule has 4 heteroatoms. The van der Waals surface area contributed by atoms with Gasteiger partial charge in [-0.2, -0.15) is 0 Å². The summed E-state index contributed by atoms with van der Waals surface area (Å²) in [6.45, 7) is 3.45. The molecular weight excluding hydrogens is 228 g/mol. The van der Waals surface area contributed by atoms with Crippen molar-refractivity contribution in [1.29, 1.82) is 0 Å². The number of carboxylic acid groups (broad SMARTS) is 1. The smallest absolute Gasteiger partial charge is 0.307 e. The number of anilines is 1. The van der Waals surface area contributed by atoms with E-state index in [1.54, 1.807) is 0 Å². The van der Waals surface area contributed by atoms with E-state index in [1.165, 1.54) is 5.69 Å². The summed E-state index contributed by atoms with van der Waals surface area (Å²) in [6.07, 6.45) is 0.782. The molecule has 0 radical (unpaired) electrons. The zero-order chi connectivity index (χ0) is 13.0. The van der Waals surface area contributed by atoms with Crippen molar-refractivity contribution in [2.75, 3.05) is 38.1 Å². The summed E-state index contributed by atoms with van der Waals surface area (Å²) >= 11 is 0. The summed E-state index contributed by atoms with van der Waals surface area (Å²) in [5, 5.41) is 8.95. The molecule has 1 aliphatic rings. The van der Waals surface area contributed by atoms with Crippen molar-refractivity contribution < 1.29 is 9.90 Å². The maximum Gasteiger partial charge on any atom is 0.307 e. The van der Waals surface area contributed by atoms with Crippen LogP contribution in [0.15, 0.2) is 30.3 Å². The topological polar surface area (TPSA) is 43.8 Å². The first-order valence-corrected chi connectivity index (χ1v) is 6.38. The van der Waals surface area contributed by atoms with Crippen LogP contribution in [0.4, 0.5) is 5.69 Å². The van der Waals surface area contributed by atoms with Crippen LogP contribution in [-0.4, -0.2) is 49.2 Å². The Hall–Kier alpha value is -1.55. The van der Waals surface area contributed by atoms with Gasteiger partial charge in [-0.1, -0.05) is 18.2 Å². The Bertz CT molecular complexity index is 394. The van der Waals surface area contributed by atoms with E-state index in [9.17, 15) is 4.79 Å². The predicted molar refractivity (Wildman–Crippen MR) is 71.9 cm³/mol. The van der Waals surface area contributed by atoms with Crippen LogP contribution in [0.5, 0.6) is 0 Å². The number of likely N-dealkylation sites (N-methyl/N-ethyl adjacent to an activating group) is 1. The summed E-state index contributed by atoms with van der Waals surface area (Å²) in [6, 6.07) is 10.2. The summed E-state index contributed by atoms with van der Waals surface area (Å²) in [7, 11) is 2.07. The van der Waals surface area contributed by atoms with Gasteiger partial charge in [-0.25, -0.2) is 0 Å². The molecule has 4 nitrogen and oxygen atoms in total. The van der Waals surface area contributed by atoms with E-state index in [1.807, 2.05) is 18.2 Å². The van der Waals surface area contributed by atoms with Crippen molar-refractivity contribution in [3.8, 4) is 0 Å². The zero-order valence-electron chi connectivity index (χ0n) is 10.7. The van der Waals surface area contributed by atoms with Gasteiger partial charge in [0.25, 0.3) is 0 Å². The first kappa shape index (κ1) is 12.9. The largest absolute Gasteiger partial charge is 0.481 e. The van der Waals surface area contributed by atoms with Gasteiger partial charge in [-0.05, 0) is 25.1 Å². The molecule has 18 heavy (non-hydrogen) atoms. The molecule has 1 unspecified atom stereocenters. The molecule has 2 rings (SSSR count). The molecule has 0 aromatic heterocycles. The minimum absolute atomic E-state index is 0.174. The maximum atomic E-state index is 10.9. The zero-order valence-corrected chi connectivity index (χ0v) is 10.7. The molecule has 98 valence electrons. The van der Waals surface area contributed by atoms with Crippen LogP contribution < -0.4 is 4.90 Å². The van der Waals surface area contributed by atoms with Crippen LogP contribution in [0.25, 0.3) is 0 Å². The number of hydrogen-bond acceptors (Lipinski definition) is 3. The van der Waals surface area contributed by atoms with Crippen LogP contribution in [0.3, 0.4) is 0 Å². The highest BCUT2D eigenvalue weighted by molar-refractivity contribution is 5.70. The number of para-hydroxylation sites is 1. The van der Waals surface area contributed by atoms with Gasteiger partial charge in [0.15, 0.2) is 0 Å². The lowest BCUT2D eigenvalue weighted by atomic mass is 10.1. The molecule has 0 aliphatic carbocycles. The summed E-state index contributed by atoms with van der Waals surface area (Å²) < 4.78 is 0. The average Bonchev–Trinajstić information content (AvgIpc) is 2.86. The van der Waals surface area contributed by atoms with Gasteiger partial charge in [-0.3, -0.25) is 4.79 Å². The van der Waals surface area contributed by atoms with Crippen LogP contribution in [0.1, 0.15) is 6.42 Å². The highest BCUT2D eigenvalue weighted by Crippen LogP contribution is 2.16. The normalized spacial score (nSPS) is 19.9. The van der Waals surface area contributed by atoms with E-state index in [2.05, 4.69) is 29.0 Å². The molecule has 1 atom stereocenters. The first-order chi connectivity index (χ1) is 8.66.